The number of aliphatic carboxylic acids is 1. The second-order valence-electron chi connectivity index (χ2n) is 5.33. The van der Waals surface area contributed by atoms with Crippen LogP contribution in [0.3, 0.4) is 0 Å². The van der Waals surface area contributed by atoms with Gasteiger partial charge in [-0.05, 0) is 18.1 Å². The van der Waals surface area contributed by atoms with Crippen molar-refractivity contribution in [1.82, 2.24) is 9.78 Å². The summed E-state index contributed by atoms with van der Waals surface area (Å²) in [6.45, 7) is -0.265. The number of amides is 1. The molecule has 0 aliphatic carbocycles. The molecule has 2 N–H and O–H groups in total. The van der Waals surface area contributed by atoms with E-state index in [4.69, 9.17) is 19.3 Å². The van der Waals surface area contributed by atoms with Crippen molar-refractivity contribution in [3.05, 3.63) is 30.0 Å². The maximum Gasteiger partial charge on any atom is 0.325 e. The molecule has 140 valence electrons. The van der Waals surface area contributed by atoms with E-state index in [2.05, 4.69) is 10.4 Å². The highest BCUT2D eigenvalue weighted by molar-refractivity contribution is 5.89. The van der Waals surface area contributed by atoms with Gasteiger partial charge in [-0.2, -0.15) is 5.10 Å². The van der Waals surface area contributed by atoms with Gasteiger partial charge in [0.15, 0.2) is 17.3 Å². The van der Waals surface area contributed by atoms with Gasteiger partial charge in [-0.25, -0.2) is 0 Å². The number of carboxylic acids is 1. The van der Waals surface area contributed by atoms with Crippen LogP contribution in [0.25, 0.3) is 0 Å². The Hall–Kier alpha value is -3.23. The minimum absolute atomic E-state index is 0.192. The van der Waals surface area contributed by atoms with Gasteiger partial charge in [0.05, 0.1) is 21.3 Å². The van der Waals surface area contributed by atoms with Gasteiger partial charge in [-0.3, -0.25) is 14.3 Å². The number of hydrogen-bond donors (Lipinski definition) is 2. The van der Waals surface area contributed by atoms with Crippen LogP contribution in [0.15, 0.2) is 24.4 Å². The summed E-state index contributed by atoms with van der Waals surface area (Å²) in [5.41, 5.74) is 0.803. The smallest absolute Gasteiger partial charge is 0.325 e. The van der Waals surface area contributed by atoms with Gasteiger partial charge in [0, 0.05) is 18.7 Å². The molecule has 26 heavy (non-hydrogen) atoms. The van der Waals surface area contributed by atoms with Gasteiger partial charge in [0.25, 0.3) is 0 Å². The quantitative estimate of drug-likeness (QED) is 0.695. The fourth-order valence-corrected chi connectivity index (χ4v) is 2.47. The number of carbonyl (C=O) groups excluding carboxylic acids is 1. The number of aryl methyl sites for hydroxylation is 1. The van der Waals surface area contributed by atoms with Crippen LogP contribution in [0.1, 0.15) is 12.0 Å². The number of nitrogens with one attached hydrogen (secondary N) is 1. The highest BCUT2D eigenvalue weighted by Crippen LogP contribution is 2.40. The minimum atomic E-state index is -1.01. The molecule has 0 aliphatic rings. The van der Waals surface area contributed by atoms with E-state index in [0.717, 1.165) is 5.56 Å². The third-order valence-electron chi connectivity index (χ3n) is 3.61. The first-order chi connectivity index (χ1) is 12.5. The zero-order valence-electron chi connectivity index (χ0n) is 14.8. The maximum atomic E-state index is 12.1. The SMILES string of the molecule is COc1ccc(CCC(=O)Nc2ccn(CC(=O)O)n2)c(OC)c1OC. The Morgan fingerprint density at radius 2 is 1.85 bits per heavy atom. The lowest BCUT2D eigenvalue weighted by Gasteiger charge is -2.15. The van der Waals surface area contributed by atoms with Gasteiger partial charge in [0.1, 0.15) is 6.54 Å². The van der Waals surface area contributed by atoms with Crippen LogP contribution in [0.2, 0.25) is 0 Å². The number of methoxy groups -OCH3 is 3. The summed E-state index contributed by atoms with van der Waals surface area (Å²) >= 11 is 0. The molecule has 0 radical (unpaired) electrons. The molecule has 0 saturated heterocycles. The minimum Gasteiger partial charge on any atom is -0.493 e. The molecule has 0 aliphatic heterocycles. The first kappa shape index (κ1) is 19.1. The monoisotopic (exact) mass is 363 g/mol. The number of nitrogens with zero attached hydrogens (tertiary/aromatic N) is 2. The van der Waals surface area contributed by atoms with Crippen LogP contribution in [0.5, 0.6) is 17.2 Å². The number of aromatic nitrogens is 2. The number of benzene rings is 1. The van der Waals surface area contributed by atoms with E-state index in [1.165, 1.54) is 38.3 Å². The topological polar surface area (TPSA) is 112 Å². The van der Waals surface area contributed by atoms with Crippen LogP contribution in [-0.2, 0) is 22.6 Å². The lowest BCUT2D eigenvalue weighted by atomic mass is 10.1. The molecule has 9 heteroatoms. The Balaban J connectivity index is 2.01. The Bertz CT molecular complexity index is 787. The molecule has 1 heterocycles. The van der Waals surface area contributed by atoms with E-state index in [9.17, 15) is 9.59 Å². The van der Waals surface area contributed by atoms with Gasteiger partial charge in [-0.1, -0.05) is 6.07 Å². The number of carboxylic acid groups (broad SMARTS) is 1. The summed E-state index contributed by atoms with van der Waals surface area (Å²) in [5.74, 6) is 0.580. The van der Waals surface area contributed by atoms with Crippen LogP contribution < -0.4 is 19.5 Å². The van der Waals surface area contributed by atoms with Crippen molar-refractivity contribution >= 4 is 17.7 Å². The summed E-state index contributed by atoms with van der Waals surface area (Å²) in [6.07, 6.45) is 2.10. The standard InChI is InChI=1S/C17H21N3O6/c1-24-12-6-4-11(16(25-2)17(12)26-3)5-7-14(21)18-13-8-9-20(19-13)10-15(22)23/h4,6,8-9H,5,7,10H2,1-3H3,(H,22,23)(H,18,19,21). The molecule has 1 aromatic heterocycles. The second kappa shape index (κ2) is 8.75. The Morgan fingerprint density at radius 1 is 1.12 bits per heavy atom. The van der Waals surface area contributed by atoms with Crippen molar-refractivity contribution in [2.45, 2.75) is 19.4 Å². The van der Waals surface area contributed by atoms with Crippen LogP contribution >= 0.6 is 0 Å². The number of anilines is 1. The first-order valence-electron chi connectivity index (χ1n) is 7.81. The Morgan fingerprint density at radius 3 is 2.46 bits per heavy atom. The van der Waals surface area contributed by atoms with Crippen LogP contribution in [0, 0.1) is 0 Å². The number of hydrogen-bond acceptors (Lipinski definition) is 6. The molecule has 9 nitrogen and oxygen atoms in total. The molecule has 2 aromatic rings. The van der Waals surface area contributed by atoms with Crippen LogP contribution in [0.4, 0.5) is 5.82 Å². The molecule has 0 unspecified atom stereocenters. The lowest BCUT2D eigenvalue weighted by Crippen LogP contribution is -2.14. The molecule has 1 aromatic carbocycles. The fraction of sp³-hybridized carbons (Fsp3) is 0.353. The van der Waals surface area contributed by atoms with Crippen molar-refractivity contribution in [1.29, 1.82) is 0 Å². The van der Waals surface area contributed by atoms with Gasteiger partial charge >= 0.3 is 5.97 Å². The highest BCUT2D eigenvalue weighted by Gasteiger charge is 2.16. The molecule has 1 amide bonds. The van der Waals surface area contributed by atoms with Crippen LogP contribution in [-0.4, -0.2) is 48.1 Å². The van der Waals surface area contributed by atoms with Crippen molar-refractivity contribution in [3.8, 4) is 17.2 Å². The summed E-state index contributed by atoms with van der Waals surface area (Å²) in [6, 6.07) is 5.11. The van der Waals surface area contributed by atoms with E-state index >= 15 is 0 Å². The summed E-state index contributed by atoms with van der Waals surface area (Å²) in [5, 5.41) is 15.3. The Kier molecular flexibility index (Phi) is 6.42. The zero-order valence-corrected chi connectivity index (χ0v) is 14.8. The molecule has 0 atom stereocenters. The third-order valence-corrected chi connectivity index (χ3v) is 3.61. The fourth-order valence-electron chi connectivity index (χ4n) is 2.47. The molecular formula is C17H21N3O6. The molecule has 0 fully saturated rings. The number of carbonyl (C=O) groups is 2. The van der Waals surface area contributed by atoms with Crippen molar-refractivity contribution in [2.24, 2.45) is 0 Å². The third kappa shape index (κ3) is 4.65. The predicted octanol–water partition coefficient (Wildman–Crippen LogP) is 1.56. The summed E-state index contributed by atoms with van der Waals surface area (Å²) < 4.78 is 17.2. The van der Waals surface area contributed by atoms with E-state index in [-0.39, 0.29) is 18.9 Å². The van der Waals surface area contributed by atoms with E-state index in [1.807, 2.05) is 6.07 Å². The largest absolute Gasteiger partial charge is 0.493 e. The average molecular weight is 363 g/mol. The van der Waals surface area contributed by atoms with Crippen molar-refractivity contribution in [3.63, 3.8) is 0 Å². The van der Waals surface area contributed by atoms with E-state index in [0.29, 0.717) is 29.5 Å². The van der Waals surface area contributed by atoms with Crippen molar-refractivity contribution < 1.29 is 28.9 Å². The average Bonchev–Trinajstić information content (AvgIpc) is 3.04. The molecule has 0 spiro atoms. The zero-order chi connectivity index (χ0) is 19.1. The normalized spacial score (nSPS) is 10.3. The summed E-state index contributed by atoms with van der Waals surface area (Å²) in [4.78, 5) is 22.8. The van der Waals surface area contributed by atoms with Gasteiger partial charge < -0.3 is 24.6 Å². The Labute approximate surface area is 150 Å². The van der Waals surface area contributed by atoms with Gasteiger partial charge in [-0.15, -0.1) is 0 Å². The summed E-state index contributed by atoms with van der Waals surface area (Å²) in [7, 11) is 4.58. The predicted molar refractivity (Wildman–Crippen MR) is 92.9 cm³/mol. The van der Waals surface area contributed by atoms with E-state index in [1.54, 1.807) is 6.07 Å². The lowest BCUT2D eigenvalue weighted by molar-refractivity contribution is -0.137. The molecular weight excluding hydrogens is 342 g/mol. The highest BCUT2D eigenvalue weighted by atomic mass is 16.5. The molecule has 2 rings (SSSR count). The first-order valence-corrected chi connectivity index (χ1v) is 7.81. The van der Waals surface area contributed by atoms with E-state index < -0.39 is 5.97 Å². The number of rotatable bonds is 9. The van der Waals surface area contributed by atoms with Gasteiger partial charge in [0.2, 0.25) is 11.7 Å². The molecule has 0 bridgehead atoms. The number of ether oxygens (including phenoxy) is 3. The second-order valence-corrected chi connectivity index (χ2v) is 5.33. The van der Waals surface area contributed by atoms with Crippen molar-refractivity contribution in [2.75, 3.05) is 26.6 Å². The maximum absolute atomic E-state index is 12.1. The molecule has 0 saturated carbocycles.